The van der Waals surface area contributed by atoms with Crippen LogP contribution in [0.4, 0.5) is 0 Å². The number of piperidine rings is 1. The number of nitrogens with zero attached hydrogens (tertiary/aromatic N) is 1. The van der Waals surface area contributed by atoms with Gasteiger partial charge in [-0.3, -0.25) is 9.69 Å². The number of likely N-dealkylation sites (tertiary alicyclic amines) is 1. The zero-order valence-electron chi connectivity index (χ0n) is 14.2. The molecule has 1 aliphatic carbocycles. The van der Waals surface area contributed by atoms with Gasteiger partial charge in [0.2, 0.25) is 0 Å². The third-order valence-corrected chi connectivity index (χ3v) is 5.84. The van der Waals surface area contributed by atoms with Crippen LogP contribution in [0.5, 0.6) is 0 Å². The Morgan fingerprint density at radius 2 is 1.67 bits per heavy atom. The Morgan fingerprint density at radius 3 is 2.33 bits per heavy atom. The molecular formula is C19H28Cl2N2O. The highest BCUT2D eigenvalue weighted by atomic mass is 35.5. The van der Waals surface area contributed by atoms with Crippen LogP contribution in [-0.2, 0) is 0 Å². The van der Waals surface area contributed by atoms with Gasteiger partial charge in [0.25, 0.3) is 5.91 Å². The molecule has 0 radical (unpaired) electrons. The Bertz CT molecular complexity index is 538. The van der Waals surface area contributed by atoms with Gasteiger partial charge in [-0.2, -0.15) is 0 Å². The molecule has 1 aromatic rings. The topological polar surface area (TPSA) is 32.3 Å². The van der Waals surface area contributed by atoms with Gasteiger partial charge < -0.3 is 5.32 Å². The summed E-state index contributed by atoms with van der Waals surface area (Å²) in [4.78, 5) is 15.2. The van der Waals surface area contributed by atoms with Gasteiger partial charge in [0, 0.05) is 12.1 Å². The number of rotatable bonds is 4. The van der Waals surface area contributed by atoms with Crippen LogP contribution in [0.1, 0.15) is 61.7 Å². The van der Waals surface area contributed by atoms with Crippen molar-refractivity contribution in [2.75, 3.05) is 19.6 Å². The Kier molecular flexibility index (Phi) is 7.39. The first-order valence-electron chi connectivity index (χ1n) is 8.99. The molecule has 0 bridgehead atoms. The average Bonchev–Trinajstić information content (AvgIpc) is 2.62. The Morgan fingerprint density at radius 1 is 1.04 bits per heavy atom. The summed E-state index contributed by atoms with van der Waals surface area (Å²) < 4.78 is 0. The van der Waals surface area contributed by atoms with Crippen LogP contribution in [0.2, 0.25) is 5.02 Å². The minimum absolute atomic E-state index is 0. The lowest BCUT2D eigenvalue weighted by Gasteiger charge is -2.48. The van der Waals surface area contributed by atoms with Crippen LogP contribution >= 0.6 is 24.0 Å². The van der Waals surface area contributed by atoms with Gasteiger partial charge in [-0.15, -0.1) is 12.4 Å². The highest BCUT2D eigenvalue weighted by Crippen LogP contribution is 2.35. The van der Waals surface area contributed by atoms with Crippen molar-refractivity contribution in [2.45, 2.75) is 56.9 Å². The lowest BCUT2D eigenvalue weighted by atomic mass is 9.79. The minimum atomic E-state index is -0.0439. The third-order valence-electron chi connectivity index (χ3n) is 5.51. The summed E-state index contributed by atoms with van der Waals surface area (Å²) in [6, 6.07) is 7.29. The fourth-order valence-corrected chi connectivity index (χ4v) is 4.39. The van der Waals surface area contributed by atoms with E-state index in [4.69, 9.17) is 11.6 Å². The molecule has 1 N–H and O–H groups in total. The maximum Gasteiger partial charge on any atom is 0.252 e. The molecule has 5 heteroatoms. The zero-order chi connectivity index (χ0) is 16.1. The molecule has 3 rings (SSSR count). The van der Waals surface area contributed by atoms with Crippen molar-refractivity contribution >= 4 is 29.9 Å². The predicted octanol–water partition coefficient (Wildman–Crippen LogP) is 4.68. The molecule has 0 atom stereocenters. The largest absolute Gasteiger partial charge is 0.350 e. The summed E-state index contributed by atoms with van der Waals surface area (Å²) in [5.41, 5.74) is 0.744. The number of halogens is 2. The maximum atomic E-state index is 12.5. The van der Waals surface area contributed by atoms with E-state index in [1.807, 2.05) is 12.1 Å². The maximum absolute atomic E-state index is 12.5. The molecule has 3 nitrogen and oxygen atoms in total. The van der Waals surface area contributed by atoms with Crippen LogP contribution in [0, 0.1) is 0 Å². The molecule has 24 heavy (non-hydrogen) atoms. The molecule has 2 aliphatic rings. The van der Waals surface area contributed by atoms with Crippen LogP contribution < -0.4 is 5.32 Å². The van der Waals surface area contributed by atoms with Crippen molar-refractivity contribution in [1.82, 2.24) is 10.2 Å². The lowest BCUT2D eigenvalue weighted by molar-refractivity contribution is 0.0326. The number of carbonyl (C=O) groups is 1. The van der Waals surface area contributed by atoms with Gasteiger partial charge in [-0.1, -0.05) is 49.4 Å². The van der Waals surface area contributed by atoms with E-state index >= 15 is 0 Å². The molecule has 2 fully saturated rings. The molecule has 1 heterocycles. The summed E-state index contributed by atoms with van der Waals surface area (Å²) in [5.74, 6) is -0.0439. The van der Waals surface area contributed by atoms with E-state index in [2.05, 4.69) is 10.2 Å². The summed E-state index contributed by atoms with van der Waals surface area (Å²) >= 11 is 6.15. The lowest BCUT2D eigenvalue weighted by Crippen LogP contribution is -2.58. The van der Waals surface area contributed by atoms with Crippen molar-refractivity contribution in [3.63, 3.8) is 0 Å². The van der Waals surface area contributed by atoms with E-state index in [9.17, 15) is 4.79 Å². The third kappa shape index (κ3) is 4.44. The van der Waals surface area contributed by atoms with E-state index in [1.165, 1.54) is 64.5 Å². The molecule has 1 aliphatic heterocycles. The number of amides is 1. The fraction of sp³-hybridized carbons (Fsp3) is 0.632. The van der Waals surface area contributed by atoms with Gasteiger partial charge in [0.15, 0.2) is 0 Å². The van der Waals surface area contributed by atoms with E-state index < -0.39 is 0 Å². The van der Waals surface area contributed by atoms with Crippen molar-refractivity contribution in [3.8, 4) is 0 Å². The summed E-state index contributed by atoms with van der Waals surface area (Å²) in [5, 5.41) is 3.71. The van der Waals surface area contributed by atoms with Crippen LogP contribution in [0.3, 0.4) is 0 Å². The van der Waals surface area contributed by atoms with Gasteiger partial charge in [0.05, 0.1) is 10.6 Å². The van der Waals surface area contributed by atoms with Crippen LogP contribution in [0.15, 0.2) is 24.3 Å². The Hall–Kier alpha value is -0.770. The normalized spacial score (nSPS) is 20.9. The first-order valence-corrected chi connectivity index (χ1v) is 9.37. The molecule has 1 saturated heterocycles. The first kappa shape index (κ1) is 19.6. The molecule has 0 aromatic heterocycles. The minimum Gasteiger partial charge on any atom is -0.350 e. The first-order chi connectivity index (χ1) is 11.2. The summed E-state index contributed by atoms with van der Waals surface area (Å²) in [6.45, 7) is 3.11. The second-order valence-electron chi connectivity index (χ2n) is 7.00. The second-order valence-corrected chi connectivity index (χ2v) is 7.40. The number of hydrogen-bond acceptors (Lipinski definition) is 2. The molecular weight excluding hydrogens is 343 g/mol. The van der Waals surface area contributed by atoms with E-state index in [-0.39, 0.29) is 23.9 Å². The number of nitrogens with one attached hydrogen (secondary N) is 1. The second kappa shape index (κ2) is 9.07. The van der Waals surface area contributed by atoms with Crippen molar-refractivity contribution in [2.24, 2.45) is 0 Å². The Labute approximate surface area is 156 Å². The number of hydrogen-bond donors (Lipinski definition) is 1. The highest BCUT2D eigenvalue weighted by molar-refractivity contribution is 6.33. The van der Waals surface area contributed by atoms with Gasteiger partial charge in [-0.25, -0.2) is 0 Å². The average molecular weight is 371 g/mol. The quantitative estimate of drug-likeness (QED) is 0.834. The van der Waals surface area contributed by atoms with Crippen molar-refractivity contribution in [3.05, 3.63) is 34.9 Å². The van der Waals surface area contributed by atoms with Crippen molar-refractivity contribution in [1.29, 1.82) is 0 Å². The smallest absolute Gasteiger partial charge is 0.252 e. The Balaban J connectivity index is 0.00000208. The molecule has 0 unspecified atom stereocenters. The number of carbonyl (C=O) groups excluding carboxylic acids is 1. The standard InChI is InChI=1S/C19H27ClN2O.ClH/c20-17-10-4-3-9-16(17)18(23)21-15-19(11-5-1-6-12-19)22-13-7-2-8-14-22;/h3-4,9-10H,1-2,5-8,11-15H2,(H,21,23);1H. The van der Waals surface area contributed by atoms with E-state index in [0.29, 0.717) is 10.6 Å². The van der Waals surface area contributed by atoms with Crippen LogP contribution in [0.25, 0.3) is 0 Å². The molecule has 1 saturated carbocycles. The van der Waals surface area contributed by atoms with Crippen molar-refractivity contribution < 1.29 is 4.79 Å². The van der Waals surface area contributed by atoms with Crippen LogP contribution in [-0.4, -0.2) is 36.0 Å². The molecule has 134 valence electrons. The fourth-order valence-electron chi connectivity index (χ4n) is 4.17. The molecule has 1 aromatic carbocycles. The van der Waals surface area contributed by atoms with E-state index in [1.54, 1.807) is 12.1 Å². The monoisotopic (exact) mass is 370 g/mol. The predicted molar refractivity (Wildman–Crippen MR) is 102 cm³/mol. The summed E-state index contributed by atoms with van der Waals surface area (Å²) in [6.07, 6.45) is 10.2. The van der Waals surface area contributed by atoms with Gasteiger partial charge >= 0.3 is 0 Å². The van der Waals surface area contributed by atoms with E-state index in [0.717, 1.165) is 6.54 Å². The highest BCUT2D eigenvalue weighted by Gasteiger charge is 2.38. The summed E-state index contributed by atoms with van der Waals surface area (Å²) in [7, 11) is 0. The molecule has 0 spiro atoms. The number of benzene rings is 1. The van der Waals surface area contributed by atoms with Gasteiger partial charge in [0.1, 0.15) is 0 Å². The molecule has 1 amide bonds. The zero-order valence-corrected chi connectivity index (χ0v) is 15.8. The SMILES string of the molecule is Cl.O=C(NCC1(N2CCCCC2)CCCCC1)c1ccccc1Cl. The van der Waals surface area contributed by atoms with Gasteiger partial charge in [-0.05, 0) is 50.9 Å².